The molecule has 1 atom stereocenters. The lowest BCUT2D eigenvalue weighted by molar-refractivity contribution is 0.0691. The zero-order valence-electron chi connectivity index (χ0n) is 16.2. The van der Waals surface area contributed by atoms with Crippen LogP contribution in [-0.2, 0) is 0 Å². The number of rotatable bonds is 6. The number of hydrogen-bond donors (Lipinski definition) is 1. The molecule has 2 aromatic carbocycles. The summed E-state index contributed by atoms with van der Waals surface area (Å²) in [4.78, 5) is 27.7. The van der Waals surface area contributed by atoms with E-state index in [-0.39, 0.29) is 29.9 Å². The number of aliphatic hydroxyl groups is 1. The van der Waals surface area contributed by atoms with Crippen LogP contribution in [-0.4, -0.2) is 42.8 Å². The number of para-hydroxylation sites is 1. The molecular formula is C22H21NO6. The summed E-state index contributed by atoms with van der Waals surface area (Å²) in [7, 11) is 1.53. The second-order valence-electron chi connectivity index (χ2n) is 6.64. The largest absolute Gasteiger partial charge is 0.493 e. The lowest BCUT2D eigenvalue weighted by Crippen LogP contribution is -2.32. The first-order valence-corrected chi connectivity index (χ1v) is 9.39. The minimum Gasteiger partial charge on any atom is -0.493 e. The summed E-state index contributed by atoms with van der Waals surface area (Å²) >= 11 is 0. The van der Waals surface area contributed by atoms with Gasteiger partial charge in [0.25, 0.3) is 5.91 Å². The first-order valence-electron chi connectivity index (χ1n) is 9.39. The topological polar surface area (TPSA) is 89.2 Å². The molecule has 0 spiro atoms. The monoisotopic (exact) mass is 395 g/mol. The molecule has 0 saturated carbocycles. The van der Waals surface area contributed by atoms with Gasteiger partial charge in [-0.05, 0) is 36.8 Å². The van der Waals surface area contributed by atoms with E-state index in [4.69, 9.17) is 13.9 Å². The summed E-state index contributed by atoms with van der Waals surface area (Å²) in [6, 6.07) is 11.4. The Morgan fingerprint density at radius 3 is 2.66 bits per heavy atom. The van der Waals surface area contributed by atoms with E-state index in [0.717, 1.165) is 0 Å². The SMILES string of the molecule is CCOc1ccc(C2c3c(oc4ccccc4c3=O)C(=O)N2CCO)cc1OC. The molecule has 7 nitrogen and oxygen atoms in total. The summed E-state index contributed by atoms with van der Waals surface area (Å²) in [5.41, 5.74) is 1.05. The van der Waals surface area contributed by atoms with E-state index >= 15 is 0 Å². The number of β-amino-alcohol motifs (C(OH)–C–C–N with tert-alkyl or cyclic N) is 1. The molecule has 0 aliphatic carbocycles. The third-order valence-corrected chi connectivity index (χ3v) is 5.02. The standard InChI is InChI=1S/C22H21NO6/c1-3-28-16-9-8-13(12-17(16)27-2)19-18-20(25)14-6-4-5-7-15(14)29-21(18)22(26)23(19)10-11-24/h4-9,12,19,24H,3,10-11H2,1-2H3. The number of nitrogens with zero attached hydrogens (tertiary/aromatic N) is 1. The van der Waals surface area contributed by atoms with Crippen molar-refractivity contribution < 1.29 is 23.8 Å². The maximum absolute atomic E-state index is 13.3. The van der Waals surface area contributed by atoms with E-state index < -0.39 is 11.9 Å². The van der Waals surface area contributed by atoms with Gasteiger partial charge < -0.3 is 23.9 Å². The van der Waals surface area contributed by atoms with Gasteiger partial charge in [-0.25, -0.2) is 0 Å². The van der Waals surface area contributed by atoms with Crippen LogP contribution in [0.15, 0.2) is 51.7 Å². The van der Waals surface area contributed by atoms with Crippen molar-refractivity contribution in [2.75, 3.05) is 26.9 Å². The fourth-order valence-corrected chi connectivity index (χ4v) is 3.78. The highest BCUT2D eigenvalue weighted by molar-refractivity contribution is 5.99. The number of fused-ring (bicyclic) bond motifs is 2. The van der Waals surface area contributed by atoms with Crippen molar-refractivity contribution in [1.82, 2.24) is 4.90 Å². The molecule has 4 rings (SSSR count). The molecule has 0 bridgehead atoms. The van der Waals surface area contributed by atoms with Gasteiger partial charge in [0.15, 0.2) is 16.9 Å². The van der Waals surface area contributed by atoms with E-state index in [2.05, 4.69) is 0 Å². The summed E-state index contributed by atoms with van der Waals surface area (Å²) in [6.45, 7) is 2.18. The zero-order chi connectivity index (χ0) is 20.5. The van der Waals surface area contributed by atoms with Crippen molar-refractivity contribution in [3.8, 4) is 11.5 Å². The summed E-state index contributed by atoms with van der Waals surface area (Å²) in [5, 5.41) is 9.92. The average molecular weight is 395 g/mol. The average Bonchev–Trinajstić information content (AvgIpc) is 3.01. The summed E-state index contributed by atoms with van der Waals surface area (Å²) in [6.07, 6.45) is 0. The molecule has 0 radical (unpaired) electrons. The third-order valence-electron chi connectivity index (χ3n) is 5.02. The Hall–Kier alpha value is -3.32. The Morgan fingerprint density at radius 2 is 1.93 bits per heavy atom. The Bertz CT molecular complexity index is 1140. The molecule has 1 unspecified atom stereocenters. The molecule has 1 N–H and O–H groups in total. The van der Waals surface area contributed by atoms with Gasteiger partial charge in [-0.3, -0.25) is 9.59 Å². The lowest BCUT2D eigenvalue weighted by Gasteiger charge is -2.25. The highest BCUT2D eigenvalue weighted by Gasteiger charge is 2.42. The number of ether oxygens (including phenoxy) is 2. The maximum Gasteiger partial charge on any atom is 0.290 e. The molecule has 29 heavy (non-hydrogen) atoms. The number of hydrogen-bond acceptors (Lipinski definition) is 6. The quantitative estimate of drug-likeness (QED) is 0.690. The van der Waals surface area contributed by atoms with E-state index in [1.54, 1.807) is 42.5 Å². The molecule has 1 aliphatic rings. The molecular weight excluding hydrogens is 374 g/mol. The number of amides is 1. The van der Waals surface area contributed by atoms with Gasteiger partial charge in [-0.15, -0.1) is 0 Å². The van der Waals surface area contributed by atoms with Crippen LogP contribution in [0.2, 0.25) is 0 Å². The van der Waals surface area contributed by atoms with E-state index in [0.29, 0.717) is 34.6 Å². The molecule has 0 saturated heterocycles. The fraction of sp³-hybridized carbons (Fsp3) is 0.273. The van der Waals surface area contributed by atoms with Crippen LogP contribution in [0, 0.1) is 0 Å². The predicted molar refractivity (Wildman–Crippen MR) is 107 cm³/mol. The van der Waals surface area contributed by atoms with E-state index in [9.17, 15) is 14.7 Å². The van der Waals surface area contributed by atoms with Crippen LogP contribution in [0.25, 0.3) is 11.0 Å². The molecule has 3 aromatic rings. The van der Waals surface area contributed by atoms with Gasteiger partial charge in [0.05, 0.1) is 37.3 Å². The van der Waals surface area contributed by atoms with Crippen molar-refractivity contribution in [2.24, 2.45) is 0 Å². The maximum atomic E-state index is 13.3. The highest BCUT2D eigenvalue weighted by atomic mass is 16.5. The van der Waals surface area contributed by atoms with E-state index in [1.165, 1.54) is 12.0 Å². The Morgan fingerprint density at radius 1 is 1.14 bits per heavy atom. The highest BCUT2D eigenvalue weighted by Crippen LogP contribution is 2.40. The van der Waals surface area contributed by atoms with Crippen LogP contribution in [0.4, 0.5) is 0 Å². The molecule has 1 aliphatic heterocycles. The molecule has 2 heterocycles. The normalized spacial score (nSPS) is 15.6. The first kappa shape index (κ1) is 19.0. The van der Waals surface area contributed by atoms with Crippen LogP contribution >= 0.6 is 0 Å². The van der Waals surface area contributed by atoms with Gasteiger partial charge in [-0.2, -0.15) is 0 Å². The van der Waals surface area contributed by atoms with Crippen LogP contribution < -0.4 is 14.9 Å². The Kier molecular flexibility index (Phi) is 4.98. The van der Waals surface area contributed by atoms with Gasteiger partial charge in [0.1, 0.15) is 5.58 Å². The number of methoxy groups -OCH3 is 1. The predicted octanol–water partition coefficient (Wildman–Crippen LogP) is 2.74. The number of carbonyl (C=O) groups excluding carboxylic acids is 1. The van der Waals surface area contributed by atoms with Gasteiger partial charge >= 0.3 is 0 Å². The zero-order valence-corrected chi connectivity index (χ0v) is 16.2. The fourth-order valence-electron chi connectivity index (χ4n) is 3.78. The van der Waals surface area contributed by atoms with Gasteiger partial charge in [0, 0.05) is 6.54 Å². The van der Waals surface area contributed by atoms with Crippen LogP contribution in [0.3, 0.4) is 0 Å². The van der Waals surface area contributed by atoms with Crippen molar-refractivity contribution in [3.05, 3.63) is 69.6 Å². The summed E-state index contributed by atoms with van der Waals surface area (Å²) in [5.74, 6) is 0.664. The van der Waals surface area contributed by atoms with Gasteiger partial charge in [0.2, 0.25) is 5.76 Å². The number of aliphatic hydroxyl groups excluding tert-OH is 1. The first-order chi connectivity index (χ1) is 14.1. The number of benzene rings is 2. The molecule has 0 fully saturated rings. The summed E-state index contributed by atoms with van der Waals surface area (Å²) < 4.78 is 16.8. The van der Waals surface area contributed by atoms with E-state index in [1.807, 2.05) is 6.92 Å². The minimum absolute atomic E-state index is 0.0139. The number of carbonyl (C=O) groups is 1. The Labute approximate surface area is 167 Å². The molecule has 1 amide bonds. The van der Waals surface area contributed by atoms with Crippen molar-refractivity contribution in [3.63, 3.8) is 0 Å². The minimum atomic E-state index is -0.685. The van der Waals surface area contributed by atoms with Crippen molar-refractivity contribution in [1.29, 1.82) is 0 Å². The third kappa shape index (κ3) is 3.03. The van der Waals surface area contributed by atoms with Crippen molar-refractivity contribution in [2.45, 2.75) is 13.0 Å². The molecule has 7 heteroatoms. The Balaban J connectivity index is 1.94. The molecule has 1 aromatic heterocycles. The van der Waals surface area contributed by atoms with Crippen molar-refractivity contribution >= 4 is 16.9 Å². The second kappa shape index (κ2) is 7.60. The van der Waals surface area contributed by atoms with Crippen LogP contribution in [0.1, 0.15) is 34.6 Å². The second-order valence-corrected chi connectivity index (χ2v) is 6.64. The molecule has 150 valence electrons. The van der Waals surface area contributed by atoms with Crippen LogP contribution in [0.5, 0.6) is 11.5 Å². The smallest absolute Gasteiger partial charge is 0.290 e. The lowest BCUT2D eigenvalue weighted by atomic mass is 9.98. The van der Waals surface area contributed by atoms with Gasteiger partial charge in [-0.1, -0.05) is 18.2 Å².